The Balaban J connectivity index is 2.44. The molecule has 0 atom stereocenters. The summed E-state index contributed by atoms with van der Waals surface area (Å²) in [6.45, 7) is -10.0. The third kappa shape index (κ3) is 2.34. The Morgan fingerprint density at radius 1 is 0.643 bits per heavy atom. The molecule has 2 aliphatic heterocycles. The topological polar surface area (TPSA) is 0 Å². The summed E-state index contributed by atoms with van der Waals surface area (Å²) in [5, 5.41) is 0. The van der Waals surface area contributed by atoms with Crippen LogP contribution in [0.2, 0.25) is 0 Å². The minimum atomic E-state index is -2.50. The van der Waals surface area contributed by atoms with Gasteiger partial charge < -0.3 is 0 Å². The van der Waals surface area contributed by atoms with Gasteiger partial charge in [-0.1, -0.05) is 0 Å². The van der Waals surface area contributed by atoms with E-state index in [1.807, 2.05) is 0 Å². The first kappa shape index (κ1) is 3.91. The molecule has 0 aromatic rings. The van der Waals surface area contributed by atoms with Crippen molar-refractivity contribution >= 4 is 59.8 Å². The molecular formula is C10H12Se4. The van der Waals surface area contributed by atoms with Crippen LogP contribution >= 0.6 is 0 Å². The van der Waals surface area contributed by atoms with Gasteiger partial charge in [-0.3, -0.25) is 0 Å². The Labute approximate surface area is 128 Å². The van der Waals surface area contributed by atoms with E-state index in [2.05, 4.69) is 0 Å². The fourth-order valence-corrected chi connectivity index (χ4v) is 14.0. The molecule has 0 aromatic carbocycles. The second kappa shape index (κ2) is 4.66. The van der Waals surface area contributed by atoms with Gasteiger partial charge >= 0.3 is 128 Å². The monoisotopic (exact) mass is 464 g/mol. The zero-order valence-corrected chi connectivity index (χ0v) is 13.5. The van der Waals surface area contributed by atoms with Crippen LogP contribution in [0.15, 0.2) is 24.6 Å². The molecule has 0 saturated carbocycles. The number of allylic oxidation sites excluding steroid dienone is 4. The quantitative estimate of drug-likeness (QED) is 0.481. The maximum atomic E-state index is 7.63. The molecule has 0 spiro atoms. The van der Waals surface area contributed by atoms with Crippen molar-refractivity contribution < 1.29 is 16.4 Å². The van der Waals surface area contributed by atoms with E-state index in [1.54, 1.807) is 0 Å². The first-order valence-corrected chi connectivity index (χ1v) is 10.2. The Bertz CT molecular complexity index is 583. The summed E-state index contributed by atoms with van der Waals surface area (Å²) in [6.07, 6.45) is 0. The molecule has 76 valence electrons. The van der Waals surface area contributed by atoms with Gasteiger partial charge in [-0.2, -0.15) is 0 Å². The van der Waals surface area contributed by atoms with Crippen molar-refractivity contribution in [2.45, 2.75) is 27.4 Å². The fourth-order valence-electron chi connectivity index (χ4n) is 0.765. The summed E-state index contributed by atoms with van der Waals surface area (Å²) in [5.41, 5.74) is 0. The fraction of sp³-hybridized carbons (Fsp3) is 0.400. The average molecular weight is 460 g/mol. The molecule has 2 heterocycles. The van der Waals surface area contributed by atoms with Gasteiger partial charge in [-0.05, 0) is 0 Å². The molecule has 0 amide bonds. The Morgan fingerprint density at radius 3 is 1.14 bits per heavy atom. The second-order valence-electron chi connectivity index (χ2n) is 2.30. The van der Waals surface area contributed by atoms with Gasteiger partial charge in [-0.25, -0.2) is 0 Å². The predicted molar refractivity (Wildman–Crippen MR) is 66.8 cm³/mol. The first-order chi connectivity index (χ1) is 11.4. The van der Waals surface area contributed by atoms with Crippen LogP contribution in [0.5, 0.6) is 0 Å². The Kier molecular flexibility index (Phi) is 1.30. The van der Waals surface area contributed by atoms with Gasteiger partial charge in [0.15, 0.2) is 0 Å². The van der Waals surface area contributed by atoms with Gasteiger partial charge in [0.05, 0.1) is 0 Å². The summed E-state index contributed by atoms with van der Waals surface area (Å²) in [6, 6.07) is 0. The Hall–Kier alpha value is 1.30. The molecule has 0 radical (unpaired) electrons. The van der Waals surface area contributed by atoms with Crippen molar-refractivity contribution in [3.8, 4) is 0 Å². The molecule has 0 nitrogen and oxygen atoms in total. The van der Waals surface area contributed by atoms with Crippen LogP contribution < -0.4 is 0 Å². The summed E-state index contributed by atoms with van der Waals surface area (Å²) in [5.74, 6) is 0. The van der Waals surface area contributed by atoms with E-state index >= 15 is 0 Å². The van der Waals surface area contributed by atoms with Crippen LogP contribution in [-0.2, 0) is 0 Å². The number of hydrogen-bond donors (Lipinski definition) is 0. The maximum absolute atomic E-state index is 7.63. The van der Waals surface area contributed by atoms with E-state index in [1.165, 1.54) is 0 Å². The van der Waals surface area contributed by atoms with Crippen molar-refractivity contribution in [2.75, 3.05) is 0 Å². The van der Waals surface area contributed by atoms with Crippen LogP contribution in [0.3, 0.4) is 0 Å². The molecule has 14 heavy (non-hydrogen) atoms. The number of hydrogen-bond acceptors (Lipinski definition) is 0. The first-order valence-electron chi connectivity index (χ1n) is 9.38. The van der Waals surface area contributed by atoms with E-state index in [0.717, 1.165) is 0 Å². The van der Waals surface area contributed by atoms with Gasteiger partial charge in [0, 0.05) is 0 Å². The van der Waals surface area contributed by atoms with Crippen molar-refractivity contribution in [1.82, 2.24) is 0 Å². The van der Waals surface area contributed by atoms with Crippen molar-refractivity contribution in [3.63, 3.8) is 0 Å². The summed E-state index contributed by atoms with van der Waals surface area (Å²) < 4.78 is 92.8. The summed E-state index contributed by atoms with van der Waals surface area (Å²) in [7, 11) is 0. The molecule has 0 saturated heterocycles. The molecular weight excluding hydrogens is 436 g/mol. The zero-order valence-electron chi connectivity index (χ0n) is 18.6. The second-order valence-corrected chi connectivity index (χ2v) is 13.5. The van der Waals surface area contributed by atoms with Gasteiger partial charge in [-0.15, -0.1) is 0 Å². The van der Waals surface area contributed by atoms with E-state index in [4.69, 9.17) is 16.4 Å². The molecule has 4 heteroatoms. The molecule has 0 aromatic heterocycles. The van der Waals surface area contributed by atoms with Crippen LogP contribution in [0.4, 0.5) is 0 Å². The van der Waals surface area contributed by atoms with Crippen molar-refractivity contribution in [1.29, 1.82) is 0 Å². The van der Waals surface area contributed by atoms with Gasteiger partial charge in [0.2, 0.25) is 0 Å². The van der Waals surface area contributed by atoms with Gasteiger partial charge in [0.1, 0.15) is 0 Å². The van der Waals surface area contributed by atoms with Crippen LogP contribution in [0.1, 0.15) is 43.9 Å². The average Bonchev–Trinajstić information content (AvgIpc) is 3.00. The molecule has 0 N–H and O–H groups in total. The van der Waals surface area contributed by atoms with Crippen molar-refractivity contribution in [3.05, 3.63) is 24.6 Å². The molecule has 0 bridgehead atoms. The van der Waals surface area contributed by atoms with E-state index in [9.17, 15) is 0 Å². The normalized spacial score (nSPS) is 39.4. The van der Waals surface area contributed by atoms with E-state index in [-0.39, 0.29) is 17.9 Å². The third-order valence-corrected chi connectivity index (χ3v) is 15.6. The molecule has 2 rings (SSSR count). The Morgan fingerprint density at radius 2 is 0.929 bits per heavy atom. The van der Waals surface area contributed by atoms with Crippen molar-refractivity contribution in [2.24, 2.45) is 0 Å². The van der Waals surface area contributed by atoms with Gasteiger partial charge in [0.25, 0.3) is 0 Å². The van der Waals surface area contributed by atoms with E-state index in [0.29, 0.717) is 6.74 Å². The molecule has 2 aliphatic rings. The van der Waals surface area contributed by atoms with Crippen LogP contribution in [-0.4, -0.2) is 59.8 Å². The predicted octanol–water partition coefficient (Wildman–Crippen LogP) is 1.46. The minimum absolute atomic E-state index is 0.0307. The summed E-state index contributed by atoms with van der Waals surface area (Å²) in [4.78, 5) is 0. The standard InChI is InChI=1S/C10H12Se4/c1-5-6(2)12-9(11-5)10-13-7(3)8(4)14-10/h1-4H3/i1D3,2D3,3D3,4D3. The van der Waals surface area contributed by atoms with Crippen LogP contribution in [0, 0.1) is 0 Å². The zero-order chi connectivity index (χ0) is 20.3. The van der Waals surface area contributed by atoms with E-state index < -0.39 is 87.2 Å². The van der Waals surface area contributed by atoms with Crippen LogP contribution in [0.25, 0.3) is 0 Å². The molecule has 0 aliphatic carbocycles. The summed E-state index contributed by atoms with van der Waals surface area (Å²) >= 11 is -2.79. The molecule has 0 unspecified atom stereocenters. The SMILES string of the molecule is [2H]C([2H])([2H])C1=C(C([2H])([2H])[2H])[Se]C(=C2[Se]C(C([2H])([2H])[2H])=C(C([2H])([2H])[2H])[Se]2)[Se]1. The number of rotatable bonds is 0. The molecule has 0 fully saturated rings. The third-order valence-electron chi connectivity index (χ3n) is 1.36.